The monoisotopic (exact) mass is 344 g/mol. The summed E-state index contributed by atoms with van der Waals surface area (Å²) in [6, 6.07) is 4.55. The van der Waals surface area contributed by atoms with Gasteiger partial charge in [-0.25, -0.2) is 4.39 Å². The van der Waals surface area contributed by atoms with Gasteiger partial charge >= 0.3 is 0 Å². The minimum absolute atomic E-state index is 0.0935. The van der Waals surface area contributed by atoms with Crippen LogP contribution >= 0.6 is 15.9 Å². The summed E-state index contributed by atoms with van der Waals surface area (Å²) in [4.78, 5) is 0. The predicted molar refractivity (Wildman–Crippen MR) is 75.6 cm³/mol. The third-order valence-electron chi connectivity index (χ3n) is 3.04. The Kier molecular flexibility index (Phi) is 4.75. The topological polar surface area (TPSA) is 27.1 Å². The highest BCUT2D eigenvalue weighted by Gasteiger charge is 2.12. The number of halogens is 3. The van der Waals surface area contributed by atoms with Gasteiger partial charge in [-0.3, -0.25) is 4.68 Å². The molecule has 0 bridgehead atoms. The van der Waals surface area contributed by atoms with Crippen LogP contribution in [0.1, 0.15) is 32.0 Å². The third kappa shape index (κ3) is 3.36. The van der Waals surface area contributed by atoms with E-state index in [2.05, 4.69) is 34.9 Å². The Balaban J connectivity index is 2.07. The molecule has 2 aromatic rings. The molecule has 0 amide bonds. The number of hydrogen-bond donors (Lipinski definition) is 0. The summed E-state index contributed by atoms with van der Waals surface area (Å²) >= 11 is 3.10. The zero-order valence-electron chi connectivity index (χ0n) is 11.2. The quantitative estimate of drug-likeness (QED) is 0.748. The third-order valence-corrected chi connectivity index (χ3v) is 3.50. The van der Waals surface area contributed by atoms with Gasteiger partial charge in [0.05, 0.1) is 5.69 Å². The molecule has 20 heavy (non-hydrogen) atoms. The van der Waals surface area contributed by atoms with Crippen molar-refractivity contribution in [3.8, 4) is 5.75 Å². The van der Waals surface area contributed by atoms with Crippen molar-refractivity contribution >= 4 is 15.9 Å². The lowest BCUT2D eigenvalue weighted by atomic mass is 10.3. The molecule has 1 atom stereocenters. The van der Waals surface area contributed by atoms with Crippen molar-refractivity contribution in [1.29, 1.82) is 0 Å². The molecule has 3 nitrogen and oxygen atoms in total. The Morgan fingerprint density at radius 1 is 1.40 bits per heavy atom. The smallest absolute Gasteiger partial charge is 0.200 e. The first-order chi connectivity index (χ1) is 9.51. The first-order valence-electron chi connectivity index (χ1n) is 6.32. The summed E-state index contributed by atoms with van der Waals surface area (Å²) < 4.78 is 34.3. The number of hydrogen-bond acceptors (Lipinski definition) is 2. The maximum Gasteiger partial charge on any atom is 0.200 e. The summed E-state index contributed by atoms with van der Waals surface area (Å²) in [6.07, 6.45) is 2.82. The van der Waals surface area contributed by atoms with E-state index in [-0.39, 0.29) is 12.4 Å². The van der Waals surface area contributed by atoms with Gasteiger partial charge in [-0.1, -0.05) is 22.9 Å². The van der Waals surface area contributed by atoms with E-state index in [9.17, 15) is 8.78 Å². The van der Waals surface area contributed by atoms with Crippen LogP contribution < -0.4 is 4.74 Å². The lowest BCUT2D eigenvalue weighted by Crippen LogP contribution is -2.06. The summed E-state index contributed by atoms with van der Waals surface area (Å²) in [5.41, 5.74) is 0.671. The molecule has 6 heteroatoms. The normalized spacial score (nSPS) is 12.4. The van der Waals surface area contributed by atoms with Crippen LogP contribution in [-0.2, 0) is 6.61 Å². The number of nitrogens with zero attached hydrogens (tertiary/aromatic N) is 2. The molecule has 1 aromatic carbocycles. The van der Waals surface area contributed by atoms with Gasteiger partial charge in [-0.05, 0) is 31.5 Å². The second-order valence-electron chi connectivity index (χ2n) is 4.53. The molecule has 1 heterocycles. The van der Waals surface area contributed by atoms with Crippen LogP contribution in [0, 0.1) is 11.6 Å². The predicted octanol–water partition coefficient (Wildman–Crippen LogP) is 4.47. The van der Waals surface area contributed by atoms with Gasteiger partial charge in [0.1, 0.15) is 6.61 Å². The Bertz CT molecular complexity index is 601. The molecule has 0 aliphatic rings. The van der Waals surface area contributed by atoms with Gasteiger partial charge < -0.3 is 4.74 Å². The highest BCUT2D eigenvalue weighted by molar-refractivity contribution is 9.10. The fourth-order valence-electron chi connectivity index (χ4n) is 1.68. The Morgan fingerprint density at radius 3 is 2.85 bits per heavy atom. The molecule has 108 valence electrons. The lowest BCUT2D eigenvalue weighted by molar-refractivity contribution is 0.278. The van der Waals surface area contributed by atoms with Gasteiger partial charge in [-0.15, -0.1) is 0 Å². The van der Waals surface area contributed by atoms with Crippen LogP contribution in [0.3, 0.4) is 0 Å². The van der Waals surface area contributed by atoms with Crippen molar-refractivity contribution in [3.05, 3.63) is 46.2 Å². The molecule has 0 saturated carbocycles. The molecule has 0 saturated heterocycles. The fourth-order valence-corrected chi connectivity index (χ4v) is 2.08. The summed E-state index contributed by atoms with van der Waals surface area (Å²) in [7, 11) is 0. The molecule has 0 N–H and O–H groups in total. The van der Waals surface area contributed by atoms with Crippen LogP contribution in [0.2, 0.25) is 0 Å². The first-order valence-corrected chi connectivity index (χ1v) is 7.12. The van der Waals surface area contributed by atoms with E-state index in [1.807, 2.05) is 10.9 Å². The van der Waals surface area contributed by atoms with Gasteiger partial charge in [0.25, 0.3) is 0 Å². The zero-order valence-corrected chi connectivity index (χ0v) is 12.8. The fraction of sp³-hybridized carbons (Fsp3) is 0.357. The van der Waals surface area contributed by atoms with Crippen LogP contribution in [0.25, 0.3) is 0 Å². The molecule has 0 aliphatic heterocycles. The van der Waals surface area contributed by atoms with E-state index in [1.54, 1.807) is 6.07 Å². The van der Waals surface area contributed by atoms with Crippen molar-refractivity contribution in [2.45, 2.75) is 32.9 Å². The molecular weight excluding hydrogens is 330 g/mol. The van der Waals surface area contributed by atoms with E-state index in [1.165, 1.54) is 6.07 Å². The van der Waals surface area contributed by atoms with Crippen molar-refractivity contribution in [2.24, 2.45) is 0 Å². The molecule has 2 rings (SSSR count). The molecule has 0 radical (unpaired) electrons. The van der Waals surface area contributed by atoms with Crippen molar-refractivity contribution in [1.82, 2.24) is 9.78 Å². The van der Waals surface area contributed by atoms with Gasteiger partial charge in [0, 0.05) is 16.7 Å². The van der Waals surface area contributed by atoms with Crippen molar-refractivity contribution in [3.63, 3.8) is 0 Å². The molecular formula is C14H15BrF2N2O. The van der Waals surface area contributed by atoms with Crippen molar-refractivity contribution < 1.29 is 13.5 Å². The van der Waals surface area contributed by atoms with Crippen LogP contribution in [-0.4, -0.2) is 9.78 Å². The van der Waals surface area contributed by atoms with Gasteiger partial charge in [0.15, 0.2) is 11.6 Å². The Hall–Kier alpha value is -1.43. The van der Waals surface area contributed by atoms with E-state index in [0.29, 0.717) is 16.2 Å². The standard InChI is InChI=1S/C14H15BrF2N2O/c1-3-9(2)19-5-4-11(18-19)8-20-13-7-10(15)6-12(16)14(13)17/h4-7,9H,3,8H2,1-2H3. The number of rotatable bonds is 5. The lowest BCUT2D eigenvalue weighted by Gasteiger charge is -2.09. The van der Waals surface area contributed by atoms with Crippen molar-refractivity contribution in [2.75, 3.05) is 0 Å². The minimum Gasteiger partial charge on any atom is -0.484 e. The molecule has 0 fully saturated rings. The average molecular weight is 345 g/mol. The second-order valence-corrected chi connectivity index (χ2v) is 5.45. The maximum atomic E-state index is 13.5. The SMILES string of the molecule is CCC(C)n1ccc(COc2cc(Br)cc(F)c2F)n1. The molecule has 1 aromatic heterocycles. The number of aromatic nitrogens is 2. The zero-order chi connectivity index (χ0) is 14.7. The average Bonchev–Trinajstić information content (AvgIpc) is 2.89. The van der Waals surface area contributed by atoms with Gasteiger partial charge in [-0.2, -0.15) is 9.49 Å². The minimum atomic E-state index is -0.991. The van der Waals surface area contributed by atoms with Crippen LogP contribution in [0.15, 0.2) is 28.9 Å². The number of ether oxygens (including phenoxy) is 1. The second kappa shape index (κ2) is 6.35. The Labute approximate surface area is 124 Å². The van der Waals surface area contributed by atoms with Crippen LogP contribution in [0.5, 0.6) is 5.75 Å². The molecule has 0 spiro atoms. The highest BCUT2D eigenvalue weighted by atomic mass is 79.9. The first kappa shape index (κ1) is 15.0. The molecule has 0 aliphatic carbocycles. The highest BCUT2D eigenvalue weighted by Crippen LogP contribution is 2.26. The van der Waals surface area contributed by atoms with E-state index < -0.39 is 11.6 Å². The largest absolute Gasteiger partial charge is 0.484 e. The number of benzene rings is 1. The summed E-state index contributed by atoms with van der Waals surface area (Å²) in [5, 5.41) is 4.33. The van der Waals surface area contributed by atoms with E-state index in [0.717, 1.165) is 12.5 Å². The summed E-state index contributed by atoms with van der Waals surface area (Å²) in [6.45, 7) is 4.22. The summed E-state index contributed by atoms with van der Waals surface area (Å²) in [5.74, 6) is -2.07. The maximum absolute atomic E-state index is 13.5. The Morgan fingerprint density at radius 2 is 2.15 bits per heavy atom. The van der Waals surface area contributed by atoms with E-state index >= 15 is 0 Å². The van der Waals surface area contributed by atoms with Gasteiger partial charge in [0.2, 0.25) is 5.82 Å². The molecule has 1 unspecified atom stereocenters. The van der Waals surface area contributed by atoms with E-state index in [4.69, 9.17) is 4.74 Å². The van der Waals surface area contributed by atoms with Crippen LogP contribution in [0.4, 0.5) is 8.78 Å².